The summed E-state index contributed by atoms with van der Waals surface area (Å²) < 4.78 is 2.22. The summed E-state index contributed by atoms with van der Waals surface area (Å²) in [6.45, 7) is 0. The van der Waals surface area contributed by atoms with Crippen molar-refractivity contribution in [2.45, 2.75) is 9.79 Å². The zero-order valence-corrected chi connectivity index (χ0v) is 15.6. The highest BCUT2D eigenvalue weighted by molar-refractivity contribution is 7.99. The van der Waals surface area contributed by atoms with Gasteiger partial charge in [0.1, 0.15) is 11.0 Å². The first-order valence-electron chi connectivity index (χ1n) is 8.83. The van der Waals surface area contributed by atoms with Crippen molar-refractivity contribution in [1.29, 1.82) is 5.26 Å². The molecule has 3 heterocycles. The normalized spacial score (nSPS) is 11.0. The molecule has 0 spiro atoms. The van der Waals surface area contributed by atoms with Gasteiger partial charge in [-0.15, -0.1) is 0 Å². The van der Waals surface area contributed by atoms with Gasteiger partial charge in [0.25, 0.3) is 0 Å². The van der Waals surface area contributed by atoms with Crippen LogP contribution in [-0.2, 0) is 0 Å². The first-order chi connectivity index (χ1) is 13.8. The average molecular weight is 378 g/mol. The van der Waals surface area contributed by atoms with Crippen LogP contribution in [0, 0.1) is 11.3 Å². The quantitative estimate of drug-likeness (QED) is 0.410. The molecule has 5 aromatic rings. The van der Waals surface area contributed by atoms with Crippen LogP contribution in [0.15, 0.2) is 95.0 Å². The van der Waals surface area contributed by atoms with Crippen LogP contribution in [0.4, 0.5) is 0 Å². The Kier molecular flexibility index (Phi) is 4.04. The molecule has 5 rings (SSSR count). The van der Waals surface area contributed by atoms with Crippen LogP contribution in [0.1, 0.15) is 5.56 Å². The van der Waals surface area contributed by atoms with E-state index in [2.05, 4.69) is 44.9 Å². The fraction of sp³-hybridized carbons (Fsp3) is 0. The molecule has 0 N–H and O–H groups in total. The summed E-state index contributed by atoms with van der Waals surface area (Å²) in [6.07, 6.45) is 3.61. The van der Waals surface area contributed by atoms with Crippen LogP contribution < -0.4 is 0 Å². The molecule has 5 heteroatoms. The fourth-order valence-electron chi connectivity index (χ4n) is 3.36. The third-order valence-electron chi connectivity index (χ3n) is 4.60. The predicted molar refractivity (Wildman–Crippen MR) is 112 cm³/mol. The zero-order chi connectivity index (χ0) is 18.9. The van der Waals surface area contributed by atoms with Gasteiger partial charge in [0, 0.05) is 22.2 Å². The van der Waals surface area contributed by atoms with Gasteiger partial charge in [-0.1, -0.05) is 23.9 Å². The molecule has 0 bridgehead atoms. The lowest BCUT2D eigenvalue weighted by Gasteiger charge is -2.13. The second-order valence-electron chi connectivity index (χ2n) is 6.28. The summed E-state index contributed by atoms with van der Waals surface area (Å²) in [5.74, 6) is 0. The molecule has 0 unspecified atom stereocenters. The van der Waals surface area contributed by atoms with Gasteiger partial charge in [-0.05, 0) is 60.7 Å². The van der Waals surface area contributed by atoms with E-state index in [9.17, 15) is 0 Å². The molecule has 0 saturated heterocycles. The van der Waals surface area contributed by atoms with E-state index in [1.807, 2.05) is 48.5 Å². The number of para-hydroxylation sites is 1. The molecular formula is C23H14N4S. The first kappa shape index (κ1) is 16.5. The Morgan fingerprint density at radius 2 is 1.39 bits per heavy atom. The van der Waals surface area contributed by atoms with Crippen molar-refractivity contribution in [3.8, 4) is 11.8 Å². The van der Waals surface area contributed by atoms with E-state index < -0.39 is 0 Å². The van der Waals surface area contributed by atoms with Gasteiger partial charge in [0.2, 0.25) is 0 Å². The van der Waals surface area contributed by atoms with Crippen LogP contribution >= 0.6 is 11.8 Å². The predicted octanol–water partition coefficient (Wildman–Crippen LogP) is 5.60. The smallest absolute Gasteiger partial charge is 0.115 e. The molecule has 0 saturated carbocycles. The average Bonchev–Trinajstić information content (AvgIpc) is 3.09. The lowest BCUT2D eigenvalue weighted by atomic mass is 10.2. The summed E-state index contributed by atoms with van der Waals surface area (Å²) >= 11 is 1.68. The number of fused-ring (bicyclic) bond motifs is 3. The molecule has 4 nitrogen and oxygen atoms in total. The molecule has 0 aliphatic rings. The standard InChI is InChI=1S/C23H14N4S/c24-15-16-9-11-17(12-10-16)28-21-8-2-1-5-18(21)27-19-6-3-13-25-22(19)23-20(27)7-4-14-26-23/h1-14H. The second-order valence-corrected chi connectivity index (χ2v) is 7.40. The monoisotopic (exact) mass is 378 g/mol. The Hall–Kier alpha value is -3.62. The van der Waals surface area contributed by atoms with E-state index in [-0.39, 0.29) is 0 Å². The Labute approximate surface area is 166 Å². The first-order valence-corrected chi connectivity index (χ1v) is 9.64. The number of pyridine rings is 2. The molecule has 0 aliphatic heterocycles. The Morgan fingerprint density at radius 3 is 2.04 bits per heavy atom. The van der Waals surface area contributed by atoms with E-state index >= 15 is 0 Å². The highest BCUT2D eigenvalue weighted by Crippen LogP contribution is 2.36. The van der Waals surface area contributed by atoms with Crippen molar-refractivity contribution in [2.75, 3.05) is 0 Å². The summed E-state index contributed by atoms with van der Waals surface area (Å²) in [7, 11) is 0. The molecular weight excluding hydrogens is 364 g/mol. The van der Waals surface area contributed by atoms with E-state index in [0.29, 0.717) is 5.56 Å². The number of rotatable bonds is 3. The molecule has 0 aliphatic carbocycles. The SMILES string of the molecule is N#Cc1ccc(Sc2ccccc2-n2c3cccnc3c3ncccc32)cc1. The Balaban J connectivity index is 1.71. The number of hydrogen-bond acceptors (Lipinski definition) is 4. The topological polar surface area (TPSA) is 54.5 Å². The minimum Gasteiger partial charge on any atom is -0.305 e. The summed E-state index contributed by atoms with van der Waals surface area (Å²) in [4.78, 5) is 11.3. The van der Waals surface area contributed by atoms with Crippen molar-refractivity contribution in [3.05, 3.63) is 90.8 Å². The van der Waals surface area contributed by atoms with Crippen molar-refractivity contribution >= 4 is 33.8 Å². The molecule has 2 aromatic carbocycles. The maximum absolute atomic E-state index is 9.02. The Morgan fingerprint density at radius 1 is 0.750 bits per heavy atom. The lowest BCUT2D eigenvalue weighted by molar-refractivity contribution is 1.12. The molecule has 3 aromatic heterocycles. The Bertz CT molecular complexity index is 1290. The third-order valence-corrected chi connectivity index (χ3v) is 5.67. The fourth-order valence-corrected chi connectivity index (χ4v) is 4.30. The third kappa shape index (κ3) is 2.72. The number of nitrogens with zero attached hydrogens (tertiary/aromatic N) is 4. The minimum absolute atomic E-state index is 0.664. The molecule has 132 valence electrons. The van der Waals surface area contributed by atoms with E-state index in [4.69, 9.17) is 5.26 Å². The summed E-state index contributed by atoms with van der Waals surface area (Å²) in [6, 6.07) is 26.2. The van der Waals surface area contributed by atoms with Crippen molar-refractivity contribution in [2.24, 2.45) is 0 Å². The van der Waals surface area contributed by atoms with Gasteiger partial charge in [-0.2, -0.15) is 5.26 Å². The number of nitriles is 1. The van der Waals surface area contributed by atoms with Crippen molar-refractivity contribution in [3.63, 3.8) is 0 Å². The highest BCUT2D eigenvalue weighted by Gasteiger charge is 2.16. The van der Waals surface area contributed by atoms with E-state index in [1.165, 1.54) is 0 Å². The van der Waals surface area contributed by atoms with E-state index in [0.717, 1.165) is 37.5 Å². The maximum Gasteiger partial charge on any atom is 0.115 e. The summed E-state index contributed by atoms with van der Waals surface area (Å²) in [5.41, 5.74) is 5.61. The molecule has 0 amide bonds. The van der Waals surface area contributed by atoms with Gasteiger partial charge in [-0.3, -0.25) is 9.97 Å². The van der Waals surface area contributed by atoms with Crippen LogP contribution in [0.2, 0.25) is 0 Å². The molecule has 0 fully saturated rings. The van der Waals surface area contributed by atoms with Gasteiger partial charge < -0.3 is 4.57 Å². The minimum atomic E-state index is 0.664. The molecule has 28 heavy (non-hydrogen) atoms. The van der Waals surface area contributed by atoms with Crippen LogP contribution in [0.25, 0.3) is 27.8 Å². The van der Waals surface area contributed by atoms with E-state index in [1.54, 1.807) is 24.2 Å². The van der Waals surface area contributed by atoms with Gasteiger partial charge in [0.05, 0.1) is 28.4 Å². The number of aromatic nitrogens is 3. The number of hydrogen-bond donors (Lipinski definition) is 0. The maximum atomic E-state index is 9.02. The van der Waals surface area contributed by atoms with Crippen LogP contribution in [-0.4, -0.2) is 14.5 Å². The molecule has 0 atom stereocenters. The summed E-state index contributed by atoms with van der Waals surface area (Å²) in [5, 5.41) is 9.02. The van der Waals surface area contributed by atoms with Gasteiger partial charge in [0.15, 0.2) is 0 Å². The molecule has 0 radical (unpaired) electrons. The van der Waals surface area contributed by atoms with Crippen molar-refractivity contribution in [1.82, 2.24) is 14.5 Å². The van der Waals surface area contributed by atoms with Gasteiger partial charge >= 0.3 is 0 Å². The van der Waals surface area contributed by atoms with Crippen LogP contribution in [0.3, 0.4) is 0 Å². The lowest BCUT2D eigenvalue weighted by Crippen LogP contribution is -1.96. The van der Waals surface area contributed by atoms with Crippen LogP contribution in [0.5, 0.6) is 0 Å². The van der Waals surface area contributed by atoms with Gasteiger partial charge in [-0.25, -0.2) is 0 Å². The largest absolute Gasteiger partial charge is 0.305 e. The number of benzene rings is 2. The second kappa shape index (κ2) is 6.84. The zero-order valence-electron chi connectivity index (χ0n) is 14.8. The van der Waals surface area contributed by atoms with Crippen molar-refractivity contribution < 1.29 is 0 Å². The highest BCUT2D eigenvalue weighted by atomic mass is 32.2.